The summed E-state index contributed by atoms with van der Waals surface area (Å²) in [5.41, 5.74) is 0.847. The zero-order valence-corrected chi connectivity index (χ0v) is 9.80. The Morgan fingerprint density at radius 1 is 1.18 bits per heavy atom. The number of benzene rings is 1. The summed E-state index contributed by atoms with van der Waals surface area (Å²) in [6, 6.07) is 9.40. The number of hydrogen-bond donors (Lipinski definition) is 2. The third-order valence-corrected chi connectivity index (χ3v) is 2.58. The number of rotatable bonds is 4. The zero-order chi connectivity index (χ0) is 12.1. The van der Waals surface area contributed by atoms with Crippen LogP contribution in [-0.4, -0.2) is 21.6 Å². The van der Waals surface area contributed by atoms with E-state index in [1.807, 2.05) is 30.3 Å². The third-order valence-electron chi connectivity index (χ3n) is 2.30. The summed E-state index contributed by atoms with van der Waals surface area (Å²) in [5, 5.41) is 13.2. The van der Waals surface area contributed by atoms with Crippen LogP contribution in [0.2, 0.25) is 5.15 Å². The first-order chi connectivity index (χ1) is 8.27. The molecule has 17 heavy (non-hydrogen) atoms. The lowest BCUT2D eigenvalue weighted by atomic mass is 10.1. The van der Waals surface area contributed by atoms with E-state index in [2.05, 4.69) is 15.3 Å². The Morgan fingerprint density at radius 2 is 1.88 bits per heavy atom. The molecule has 1 atom stereocenters. The molecule has 0 aliphatic carbocycles. The summed E-state index contributed by atoms with van der Waals surface area (Å²) in [5.74, 6) is 0.476. The maximum atomic E-state index is 9.92. The Kier molecular flexibility index (Phi) is 3.90. The smallest absolute Gasteiger partial charge is 0.171 e. The summed E-state index contributed by atoms with van der Waals surface area (Å²) < 4.78 is 0. The number of aromatic nitrogens is 2. The van der Waals surface area contributed by atoms with Crippen molar-refractivity contribution in [1.82, 2.24) is 9.97 Å². The molecule has 1 heterocycles. The standard InChI is InChI=1S/C12H12ClN3O/c13-11-12(15-7-6-14-11)16-8-10(17)9-4-2-1-3-5-9/h1-7,10,17H,8H2,(H,15,16)/t10-/m0/s1. The van der Waals surface area contributed by atoms with Crippen LogP contribution in [0.25, 0.3) is 0 Å². The highest BCUT2D eigenvalue weighted by Crippen LogP contribution is 2.17. The molecule has 0 radical (unpaired) electrons. The Balaban J connectivity index is 1.97. The monoisotopic (exact) mass is 249 g/mol. The number of hydrogen-bond acceptors (Lipinski definition) is 4. The maximum Gasteiger partial charge on any atom is 0.171 e. The molecule has 0 bridgehead atoms. The minimum atomic E-state index is -0.603. The molecule has 2 rings (SSSR count). The van der Waals surface area contributed by atoms with Gasteiger partial charge in [-0.25, -0.2) is 9.97 Å². The van der Waals surface area contributed by atoms with Crippen LogP contribution in [0.3, 0.4) is 0 Å². The van der Waals surface area contributed by atoms with Crippen molar-refractivity contribution in [2.75, 3.05) is 11.9 Å². The van der Waals surface area contributed by atoms with Crippen LogP contribution in [0.5, 0.6) is 0 Å². The van der Waals surface area contributed by atoms with E-state index >= 15 is 0 Å². The molecular formula is C12H12ClN3O. The van der Waals surface area contributed by atoms with Crippen molar-refractivity contribution >= 4 is 17.4 Å². The van der Waals surface area contributed by atoms with Gasteiger partial charge in [-0.3, -0.25) is 0 Å². The van der Waals surface area contributed by atoms with Gasteiger partial charge in [0.25, 0.3) is 0 Å². The molecule has 0 spiro atoms. The summed E-state index contributed by atoms with van der Waals surface area (Å²) in [6.07, 6.45) is 2.46. The fourth-order valence-corrected chi connectivity index (χ4v) is 1.60. The van der Waals surface area contributed by atoms with Crippen LogP contribution in [0.4, 0.5) is 5.82 Å². The van der Waals surface area contributed by atoms with Gasteiger partial charge in [-0.2, -0.15) is 0 Å². The topological polar surface area (TPSA) is 58.0 Å². The number of aliphatic hydroxyl groups is 1. The van der Waals surface area contributed by atoms with Crippen molar-refractivity contribution in [3.8, 4) is 0 Å². The second-order valence-corrected chi connectivity index (χ2v) is 3.86. The quantitative estimate of drug-likeness (QED) is 0.873. The Morgan fingerprint density at radius 3 is 2.59 bits per heavy atom. The van der Waals surface area contributed by atoms with Crippen molar-refractivity contribution in [2.24, 2.45) is 0 Å². The molecule has 2 N–H and O–H groups in total. The lowest BCUT2D eigenvalue weighted by Gasteiger charge is -2.12. The normalized spacial score (nSPS) is 12.1. The van der Waals surface area contributed by atoms with E-state index in [9.17, 15) is 5.11 Å². The van der Waals surface area contributed by atoms with E-state index in [1.54, 1.807) is 6.20 Å². The molecule has 0 aliphatic rings. The van der Waals surface area contributed by atoms with Gasteiger partial charge >= 0.3 is 0 Å². The van der Waals surface area contributed by atoms with Crippen LogP contribution in [-0.2, 0) is 0 Å². The first kappa shape index (κ1) is 11.8. The highest BCUT2D eigenvalue weighted by Gasteiger charge is 2.08. The van der Waals surface area contributed by atoms with Gasteiger partial charge in [0.2, 0.25) is 0 Å². The first-order valence-electron chi connectivity index (χ1n) is 5.21. The van der Waals surface area contributed by atoms with Crippen LogP contribution < -0.4 is 5.32 Å². The van der Waals surface area contributed by atoms with Crippen molar-refractivity contribution in [3.63, 3.8) is 0 Å². The van der Waals surface area contributed by atoms with Gasteiger partial charge in [-0.1, -0.05) is 41.9 Å². The summed E-state index contributed by atoms with van der Waals surface area (Å²) >= 11 is 5.84. The highest BCUT2D eigenvalue weighted by atomic mass is 35.5. The molecule has 0 saturated heterocycles. The van der Waals surface area contributed by atoms with Crippen LogP contribution in [0.1, 0.15) is 11.7 Å². The molecule has 5 heteroatoms. The van der Waals surface area contributed by atoms with Gasteiger partial charge in [0, 0.05) is 18.9 Å². The summed E-state index contributed by atoms with van der Waals surface area (Å²) in [7, 11) is 0. The van der Waals surface area contributed by atoms with E-state index in [1.165, 1.54) is 6.20 Å². The van der Waals surface area contributed by atoms with E-state index in [0.29, 0.717) is 17.5 Å². The van der Waals surface area contributed by atoms with E-state index in [0.717, 1.165) is 5.56 Å². The van der Waals surface area contributed by atoms with Crippen LogP contribution in [0.15, 0.2) is 42.7 Å². The van der Waals surface area contributed by atoms with Crippen molar-refractivity contribution in [3.05, 3.63) is 53.4 Å². The number of aliphatic hydroxyl groups excluding tert-OH is 1. The van der Waals surface area contributed by atoms with Crippen LogP contribution >= 0.6 is 11.6 Å². The van der Waals surface area contributed by atoms with Gasteiger partial charge in [0.1, 0.15) is 0 Å². The Hall–Kier alpha value is -1.65. The molecular weight excluding hydrogens is 238 g/mol. The van der Waals surface area contributed by atoms with Crippen LogP contribution in [0, 0.1) is 0 Å². The molecule has 0 unspecified atom stereocenters. The summed E-state index contributed by atoms with van der Waals surface area (Å²) in [4.78, 5) is 7.92. The zero-order valence-electron chi connectivity index (χ0n) is 9.05. The first-order valence-corrected chi connectivity index (χ1v) is 5.58. The molecule has 1 aromatic heterocycles. The van der Waals surface area contributed by atoms with E-state index < -0.39 is 6.10 Å². The number of halogens is 1. The minimum absolute atomic E-state index is 0.299. The SMILES string of the molecule is O[C@@H](CNc1nccnc1Cl)c1ccccc1. The molecule has 2 aromatic rings. The largest absolute Gasteiger partial charge is 0.387 e. The molecule has 0 amide bonds. The third kappa shape index (κ3) is 3.15. The van der Waals surface area contributed by atoms with Gasteiger partial charge in [-0.15, -0.1) is 0 Å². The molecule has 4 nitrogen and oxygen atoms in total. The average Bonchev–Trinajstić information content (AvgIpc) is 2.38. The molecule has 0 aliphatic heterocycles. The fraction of sp³-hybridized carbons (Fsp3) is 0.167. The van der Waals surface area contributed by atoms with Crippen molar-refractivity contribution < 1.29 is 5.11 Å². The molecule has 0 fully saturated rings. The lowest BCUT2D eigenvalue weighted by molar-refractivity contribution is 0.191. The predicted molar refractivity (Wildman–Crippen MR) is 66.9 cm³/mol. The fourth-order valence-electron chi connectivity index (χ4n) is 1.43. The maximum absolute atomic E-state index is 9.92. The number of anilines is 1. The van der Waals surface area contributed by atoms with Gasteiger partial charge in [-0.05, 0) is 5.56 Å². The van der Waals surface area contributed by atoms with Crippen molar-refractivity contribution in [1.29, 1.82) is 0 Å². The second-order valence-electron chi connectivity index (χ2n) is 3.50. The van der Waals surface area contributed by atoms with Gasteiger partial charge < -0.3 is 10.4 Å². The Bertz CT molecular complexity index is 478. The molecule has 0 saturated carbocycles. The lowest BCUT2D eigenvalue weighted by Crippen LogP contribution is -2.13. The van der Waals surface area contributed by atoms with Gasteiger partial charge in [0.05, 0.1) is 6.10 Å². The number of nitrogens with zero attached hydrogens (tertiary/aromatic N) is 2. The molecule has 88 valence electrons. The summed E-state index contributed by atoms with van der Waals surface area (Å²) in [6.45, 7) is 0.336. The second kappa shape index (κ2) is 5.61. The highest BCUT2D eigenvalue weighted by molar-refractivity contribution is 6.31. The van der Waals surface area contributed by atoms with E-state index in [4.69, 9.17) is 11.6 Å². The average molecular weight is 250 g/mol. The molecule has 1 aromatic carbocycles. The van der Waals surface area contributed by atoms with Gasteiger partial charge in [0.15, 0.2) is 11.0 Å². The minimum Gasteiger partial charge on any atom is -0.387 e. The predicted octanol–water partition coefficient (Wildman–Crippen LogP) is 2.28. The van der Waals surface area contributed by atoms with Crippen molar-refractivity contribution in [2.45, 2.75) is 6.10 Å². The number of nitrogens with one attached hydrogen (secondary N) is 1. The van der Waals surface area contributed by atoms with E-state index in [-0.39, 0.29) is 0 Å². The Labute approximate surface area is 104 Å².